The van der Waals surface area contributed by atoms with Crippen molar-refractivity contribution in [1.29, 1.82) is 0 Å². The molecule has 2 atom stereocenters. The average molecular weight is 440 g/mol. The molecule has 1 saturated heterocycles. The molecule has 6 heteroatoms. The van der Waals surface area contributed by atoms with Crippen LogP contribution in [0.15, 0.2) is 4.99 Å². The number of halogens is 1. The highest BCUT2D eigenvalue weighted by Gasteiger charge is 2.24. The Morgan fingerprint density at radius 2 is 2.00 bits per heavy atom. The SMILES string of the molecule is CN=C(NCCCCN1CCCC1)NC1CCC(SC)C1.I. The van der Waals surface area contributed by atoms with Crippen molar-refractivity contribution in [2.24, 2.45) is 4.99 Å². The fourth-order valence-corrected chi connectivity index (χ4v) is 4.14. The van der Waals surface area contributed by atoms with Gasteiger partial charge in [-0.1, -0.05) is 0 Å². The lowest BCUT2D eigenvalue weighted by Gasteiger charge is -2.18. The summed E-state index contributed by atoms with van der Waals surface area (Å²) in [6, 6.07) is 0.609. The molecule has 22 heavy (non-hydrogen) atoms. The van der Waals surface area contributed by atoms with Crippen LogP contribution in [0.1, 0.15) is 44.9 Å². The molecule has 1 heterocycles. The normalized spacial score (nSPS) is 26.0. The fraction of sp³-hybridized carbons (Fsp3) is 0.938. The van der Waals surface area contributed by atoms with Crippen LogP contribution in [0.4, 0.5) is 0 Å². The van der Waals surface area contributed by atoms with Gasteiger partial charge in [-0.2, -0.15) is 11.8 Å². The Bertz CT molecular complexity index is 321. The Hall–Kier alpha value is 0.310. The summed E-state index contributed by atoms with van der Waals surface area (Å²) < 4.78 is 0. The molecular weight excluding hydrogens is 407 g/mol. The van der Waals surface area contributed by atoms with Gasteiger partial charge in [0.15, 0.2) is 5.96 Å². The molecule has 0 aromatic rings. The Morgan fingerprint density at radius 3 is 2.64 bits per heavy atom. The quantitative estimate of drug-likeness (QED) is 0.277. The summed E-state index contributed by atoms with van der Waals surface area (Å²) in [4.78, 5) is 6.95. The first-order valence-corrected chi connectivity index (χ1v) is 9.83. The Labute approximate surface area is 157 Å². The number of hydrogen-bond acceptors (Lipinski definition) is 3. The third kappa shape index (κ3) is 7.25. The molecule has 0 radical (unpaired) electrons. The molecule has 2 fully saturated rings. The molecule has 4 nitrogen and oxygen atoms in total. The highest BCUT2D eigenvalue weighted by Crippen LogP contribution is 2.27. The van der Waals surface area contributed by atoms with Crippen LogP contribution in [-0.4, -0.2) is 61.6 Å². The summed E-state index contributed by atoms with van der Waals surface area (Å²) >= 11 is 2.00. The summed E-state index contributed by atoms with van der Waals surface area (Å²) in [6.45, 7) is 4.93. The molecule has 1 saturated carbocycles. The van der Waals surface area contributed by atoms with Gasteiger partial charge in [-0.15, -0.1) is 24.0 Å². The third-order valence-electron chi connectivity index (χ3n) is 4.67. The van der Waals surface area contributed by atoms with E-state index >= 15 is 0 Å². The van der Waals surface area contributed by atoms with E-state index in [-0.39, 0.29) is 24.0 Å². The second kappa shape index (κ2) is 11.8. The first-order chi connectivity index (χ1) is 10.3. The van der Waals surface area contributed by atoms with Gasteiger partial charge in [-0.3, -0.25) is 4.99 Å². The van der Waals surface area contributed by atoms with E-state index < -0.39 is 0 Å². The van der Waals surface area contributed by atoms with Gasteiger partial charge in [-0.25, -0.2) is 0 Å². The largest absolute Gasteiger partial charge is 0.356 e. The van der Waals surface area contributed by atoms with E-state index in [0.717, 1.165) is 17.8 Å². The maximum atomic E-state index is 4.35. The van der Waals surface area contributed by atoms with Crippen LogP contribution in [-0.2, 0) is 0 Å². The predicted octanol–water partition coefficient (Wildman–Crippen LogP) is 2.93. The summed E-state index contributed by atoms with van der Waals surface area (Å²) in [5.41, 5.74) is 0. The van der Waals surface area contributed by atoms with Crippen molar-refractivity contribution >= 4 is 41.7 Å². The molecular formula is C16H33IN4S. The van der Waals surface area contributed by atoms with Gasteiger partial charge in [0.05, 0.1) is 0 Å². The van der Waals surface area contributed by atoms with Gasteiger partial charge in [-0.05, 0) is 70.8 Å². The first kappa shape index (κ1) is 20.4. The molecule has 2 unspecified atom stereocenters. The summed E-state index contributed by atoms with van der Waals surface area (Å²) in [5, 5.41) is 7.88. The zero-order chi connectivity index (χ0) is 14.9. The van der Waals surface area contributed by atoms with Crippen molar-refractivity contribution in [1.82, 2.24) is 15.5 Å². The summed E-state index contributed by atoms with van der Waals surface area (Å²) in [7, 11) is 1.88. The van der Waals surface area contributed by atoms with E-state index in [1.807, 2.05) is 18.8 Å². The highest BCUT2D eigenvalue weighted by molar-refractivity contribution is 14.0. The van der Waals surface area contributed by atoms with Gasteiger partial charge in [0, 0.05) is 24.9 Å². The number of unbranched alkanes of at least 4 members (excludes halogenated alkanes) is 1. The van der Waals surface area contributed by atoms with Crippen LogP contribution in [0.3, 0.4) is 0 Å². The molecule has 0 aromatic carbocycles. The monoisotopic (exact) mass is 440 g/mol. The molecule has 0 spiro atoms. The number of rotatable bonds is 7. The smallest absolute Gasteiger partial charge is 0.191 e. The van der Waals surface area contributed by atoms with Crippen LogP contribution in [0.2, 0.25) is 0 Å². The lowest BCUT2D eigenvalue weighted by atomic mass is 10.2. The van der Waals surface area contributed by atoms with Crippen LogP contribution >= 0.6 is 35.7 Å². The van der Waals surface area contributed by atoms with Crippen LogP contribution in [0, 0.1) is 0 Å². The van der Waals surface area contributed by atoms with Crippen molar-refractivity contribution in [3.8, 4) is 0 Å². The zero-order valence-electron chi connectivity index (χ0n) is 14.1. The van der Waals surface area contributed by atoms with E-state index in [1.54, 1.807) is 0 Å². The minimum absolute atomic E-state index is 0. The lowest BCUT2D eigenvalue weighted by molar-refractivity contribution is 0.330. The minimum Gasteiger partial charge on any atom is -0.356 e. The van der Waals surface area contributed by atoms with Crippen LogP contribution in [0.5, 0.6) is 0 Å². The van der Waals surface area contributed by atoms with Crippen molar-refractivity contribution < 1.29 is 0 Å². The van der Waals surface area contributed by atoms with E-state index in [2.05, 4.69) is 26.8 Å². The van der Waals surface area contributed by atoms with Crippen LogP contribution in [0.25, 0.3) is 0 Å². The van der Waals surface area contributed by atoms with Crippen molar-refractivity contribution in [2.75, 3.05) is 39.5 Å². The molecule has 2 N–H and O–H groups in total. The lowest BCUT2D eigenvalue weighted by Crippen LogP contribution is -2.43. The molecule has 130 valence electrons. The van der Waals surface area contributed by atoms with Gasteiger partial charge in [0.25, 0.3) is 0 Å². The van der Waals surface area contributed by atoms with Gasteiger partial charge < -0.3 is 15.5 Å². The molecule has 2 rings (SSSR count). The highest BCUT2D eigenvalue weighted by atomic mass is 127. The van der Waals surface area contributed by atoms with Gasteiger partial charge >= 0.3 is 0 Å². The number of nitrogens with one attached hydrogen (secondary N) is 2. The van der Waals surface area contributed by atoms with E-state index in [1.165, 1.54) is 64.6 Å². The van der Waals surface area contributed by atoms with Crippen LogP contribution < -0.4 is 10.6 Å². The molecule has 0 aromatic heterocycles. The van der Waals surface area contributed by atoms with E-state index in [4.69, 9.17) is 0 Å². The van der Waals surface area contributed by atoms with E-state index in [9.17, 15) is 0 Å². The molecule has 1 aliphatic carbocycles. The molecule has 1 aliphatic heterocycles. The predicted molar refractivity (Wildman–Crippen MR) is 110 cm³/mol. The fourth-order valence-electron chi connectivity index (χ4n) is 3.35. The Morgan fingerprint density at radius 1 is 1.23 bits per heavy atom. The number of thioether (sulfide) groups is 1. The maximum absolute atomic E-state index is 4.35. The number of hydrogen-bond donors (Lipinski definition) is 2. The van der Waals surface area contributed by atoms with Gasteiger partial charge in [0.2, 0.25) is 0 Å². The summed E-state index contributed by atoms with van der Waals surface area (Å²) in [5.74, 6) is 0.989. The number of guanidine groups is 1. The van der Waals surface area contributed by atoms with E-state index in [0.29, 0.717) is 6.04 Å². The first-order valence-electron chi connectivity index (χ1n) is 8.54. The van der Waals surface area contributed by atoms with Crippen molar-refractivity contribution in [2.45, 2.75) is 56.2 Å². The minimum atomic E-state index is 0. The Kier molecular flexibility index (Phi) is 10.9. The zero-order valence-corrected chi connectivity index (χ0v) is 17.3. The summed E-state index contributed by atoms with van der Waals surface area (Å²) in [6.07, 6.45) is 11.4. The molecule has 2 aliphatic rings. The number of likely N-dealkylation sites (tertiary alicyclic amines) is 1. The standard InChI is InChI=1S/C16H32N4S.HI/c1-17-16(19-14-7-8-15(13-14)21-2)18-9-3-4-10-20-11-5-6-12-20;/h14-15H,3-13H2,1-2H3,(H2,17,18,19);1H. The second-order valence-electron chi connectivity index (χ2n) is 6.27. The average Bonchev–Trinajstić information content (AvgIpc) is 3.16. The number of aliphatic imine (C=N–C) groups is 1. The molecule has 0 bridgehead atoms. The van der Waals surface area contributed by atoms with Crippen molar-refractivity contribution in [3.63, 3.8) is 0 Å². The van der Waals surface area contributed by atoms with Gasteiger partial charge in [0.1, 0.15) is 0 Å². The Balaban J connectivity index is 0.00000242. The van der Waals surface area contributed by atoms with Crippen molar-refractivity contribution in [3.05, 3.63) is 0 Å². The maximum Gasteiger partial charge on any atom is 0.191 e. The third-order valence-corrected chi connectivity index (χ3v) is 5.77. The number of nitrogens with zero attached hydrogens (tertiary/aromatic N) is 2. The molecule has 0 amide bonds. The topological polar surface area (TPSA) is 39.7 Å². The second-order valence-corrected chi connectivity index (χ2v) is 7.40.